The predicted octanol–water partition coefficient (Wildman–Crippen LogP) is 3.13. The molecule has 0 aromatic carbocycles. The molecule has 1 aromatic rings. The Morgan fingerprint density at radius 1 is 1.19 bits per heavy atom. The first-order chi connectivity index (χ1) is 9.88. The summed E-state index contributed by atoms with van der Waals surface area (Å²) in [5.74, 6) is 1.80. The van der Waals surface area contributed by atoms with E-state index in [0.717, 1.165) is 30.3 Å². The third-order valence-electron chi connectivity index (χ3n) is 3.05. The molecule has 0 aliphatic carbocycles. The molecule has 1 aromatic heterocycles. The standard InChI is InChI=1S/C14H26N4OS2/c1-10(2)5-7-18(8-6-11(3)4)12(19)9-20-14-17-16-13(15)21-14/h10-11H,5-9H2,1-4H3,(H2,15,16). The van der Waals surface area contributed by atoms with Crippen LogP contribution in [0.5, 0.6) is 0 Å². The molecule has 0 saturated heterocycles. The van der Waals surface area contributed by atoms with E-state index in [1.54, 1.807) is 0 Å². The van der Waals surface area contributed by atoms with Crippen LogP contribution in [-0.2, 0) is 4.79 Å². The molecule has 1 rings (SSSR count). The van der Waals surface area contributed by atoms with E-state index in [4.69, 9.17) is 5.73 Å². The van der Waals surface area contributed by atoms with Gasteiger partial charge in [0.2, 0.25) is 11.0 Å². The molecular weight excluding hydrogens is 304 g/mol. The second kappa shape index (κ2) is 9.25. The van der Waals surface area contributed by atoms with Crippen molar-refractivity contribution in [2.75, 3.05) is 24.6 Å². The predicted molar refractivity (Wildman–Crippen MR) is 90.5 cm³/mol. The maximum atomic E-state index is 12.4. The topological polar surface area (TPSA) is 72.1 Å². The van der Waals surface area contributed by atoms with E-state index >= 15 is 0 Å². The molecule has 0 aliphatic rings. The molecule has 0 unspecified atom stereocenters. The Labute approximate surface area is 135 Å². The number of thioether (sulfide) groups is 1. The van der Waals surface area contributed by atoms with Crippen LogP contribution in [0.3, 0.4) is 0 Å². The molecule has 7 heteroatoms. The van der Waals surface area contributed by atoms with Gasteiger partial charge < -0.3 is 10.6 Å². The minimum absolute atomic E-state index is 0.176. The molecule has 1 amide bonds. The van der Waals surface area contributed by atoms with Crippen LogP contribution in [0.25, 0.3) is 0 Å². The van der Waals surface area contributed by atoms with E-state index in [-0.39, 0.29) is 5.91 Å². The molecule has 5 nitrogen and oxygen atoms in total. The average Bonchev–Trinajstić information content (AvgIpc) is 2.81. The van der Waals surface area contributed by atoms with Gasteiger partial charge in [-0.15, -0.1) is 10.2 Å². The van der Waals surface area contributed by atoms with Crippen molar-refractivity contribution >= 4 is 34.1 Å². The van der Waals surface area contributed by atoms with E-state index in [9.17, 15) is 4.79 Å². The van der Waals surface area contributed by atoms with Gasteiger partial charge in [-0.1, -0.05) is 50.8 Å². The number of carbonyl (C=O) groups is 1. The lowest BCUT2D eigenvalue weighted by Gasteiger charge is -2.24. The van der Waals surface area contributed by atoms with Gasteiger partial charge in [-0.2, -0.15) is 0 Å². The molecular formula is C14H26N4OS2. The Balaban J connectivity index is 2.48. The molecule has 120 valence electrons. The van der Waals surface area contributed by atoms with Gasteiger partial charge in [-0.05, 0) is 24.7 Å². The first-order valence-corrected chi connectivity index (χ1v) is 9.18. The highest BCUT2D eigenvalue weighted by molar-refractivity contribution is 8.01. The summed E-state index contributed by atoms with van der Waals surface area (Å²) in [4.78, 5) is 14.4. The number of nitrogens with zero attached hydrogens (tertiary/aromatic N) is 3. The highest BCUT2D eigenvalue weighted by atomic mass is 32.2. The largest absolute Gasteiger partial charge is 0.374 e. The van der Waals surface area contributed by atoms with Crippen molar-refractivity contribution in [1.29, 1.82) is 0 Å². The van der Waals surface area contributed by atoms with Crippen molar-refractivity contribution in [1.82, 2.24) is 15.1 Å². The van der Waals surface area contributed by atoms with Gasteiger partial charge in [0.25, 0.3) is 0 Å². The monoisotopic (exact) mass is 330 g/mol. The Morgan fingerprint density at radius 3 is 2.19 bits per heavy atom. The summed E-state index contributed by atoms with van der Waals surface area (Å²) in [5, 5.41) is 8.14. The summed E-state index contributed by atoms with van der Waals surface area (Å²) in [6.45, 7) is 10.4. The second-order valence-electron chi connectivity index (χ2n) is 5.94. The maximum Gasteiger partial charge on any atom is 0.233 e. The summed E-state index contributed by atoms with van der Waals surface area (Å²) in [5.41, 5.74) is 5.54. The maximum absolute atomic E-state index is 12.4. The highest BCUT2D eigenvalue weighted by Crippen LogP contribution is 2.23. The third kappa shape index (κ3) is 7.66. The van der Waals surface area contributed by atoms with E-state index in [1.807, 2.05) is 4.90 Å². The third-order valence-corrected chi connectivity index (χ3v) is 4.92. The summed E-state index contributed by atoms with van der Waals surface area (Å²) >= 11 is 2.75. The number of hydrogen-bond donors (Lipinski definition) is 1. The SMILES string of the molecule is CC(C)CCN(CCC(C)C)C(=O)CSc1nnc(N)s1. The molecule has 0 radical (unpaired) electrons. The molecule has 1 heterocycles. The zero-order valence-electron chi connectivity index (χ0n) is 13.3. The van der Waals surface area contributed by atoms with Gasteiger partial charge in [0.1, 0.15) is 0 Å². The molecule has 0 saturated carbocycles. The van der Waals surface area contributed by atoms with Crippen molar-refractivity contribution in [3.63, 3.8) is 0 Å². The second-order valence-corrected chi connectivity index (χ2v) is 8.17. The fourth-order valence-corrected chi connectivity index (χ4v) is 3.22. The van der Waals surface area contributed by atoms with Crippen LogP contribution in [0.4, 0.5) is 5.13 Å². The highest BCUT2D eigenvalue weighted by Gasteiger charge is 2.15. The number of nitrogens with two attached hydrogens (primary N) is 1. The first kappa shape index (κ1) is 18.2. The smallest absolute Gasteiger partial charge is 0.233 e. The molecule has 2 N–H and O–H groups in total. The zero-order chi connectivity index (χ0) is 15.8. The van der Waals surface area contributed by atoms with E-state index in [0.29, 0.717) is 22.7 Å². The number of anilines is 1. The Kier molecular flexibility index (Phi) is 8.03. The quantitative estimate of drug-likeness (QED) is 0.704. The molecule has 0 fully saturated rings. The van der Waals surface area contributed by atoms with Gasteiger partial charge >= 0.3 is 0 Å². The molecule has 0 bridgehead atoms. The van der Waals surface area contributed by atoms with Crippen molar-refractivity contribution in [2.24, 2.45) is 11.8 Å². The van der Waals surface area contributed by atoms with Gasteiger partial charge in [0.05, 0.1) is 5.75 Å². The molecule has 0 spiro atoms. The summed E-state index contributed by atoms with van der Waals surface area (Å²) in [7, 11) is 0. The fourth-order valence-electron chi connectivity index (χ4n) is 1.68. The van der Waals surface area contributed by atoms with Crippen LogP contribution in [-0.4, -0.2) is 39.8 Å². The van der Waals surface area contributed by atoms with Crippen LogP contribution >= 0.6 is 23.1 Å². The van der Waals surface area contributed by atoms with Crippen LogP contribution in [0, 0.1) is 11.8 Å². The molecule has 21 heavy (non-hydrogen) atoms. The van der Waals surface area contributed by atoms with Gasteiger partial charge in [0, 0.05) is 13.1 Å². The van der Waals surface area contributed by atoms with Crippen molar-refractivity contribution in [2.45, 2.75) is 44.9 Å². The lowest BCUT2D eigenvalue weighted by atomic mass is 10.1. The molecule has 0 aliphatic heterocycles. The van der Waals surface area contributed by atoms with E-state index in [2.05, 4.69) is 37.9 Å². The number of amides is 1. The minimum atomic E-state index is 0.176. The Hall–Kier alpha value is -0.820. The molecule has 0 atom stereocenters. The van der Waals surface area contributed by atoms with Crippen molar-refractivity contribution < 1.29 is 4.79 Å². The number of aromatic nitrogens is 2. The Bertz CT molecular complexity index is 422. The van der Waals surface area contributed by atoms with E-state index < -0.39 is 0 Å². The van der Waals surface area contributed by atoms with Crippen molar-refractivity contribution in [3.05, 3.63) is 0 Å². The van der Waals surface area contributed by atoms with Crippen LogP contribution in [0.1, 0.15) is 40.5 Å². The number of hydrogen-bond acceptors (Lipinski definition) is 6. The number of nitrogen functional groups attached to an aromatic ring is 1. The van der Waals surface area contributed by atoms with Crippen LogP contribution in [0.2, 0.25) is 0 Å². The van der Waals surface area contributed by atoms with Gasteiger partial charge in [-0.3, -0.25) is 4.79 Å². The van der Waals surface area contributed by atoms with Crippen LogP contribution < -0.4 is 5.73 Å². The first-order valence-electron chi connectivity index (χ1n) is 7.38. The average molecular weight is 331 g/mol. The summed E-state index contributed by atoms with van der Waals surface area (Å²) < 4.78 is 0.758. The lowest BCUT2D eigenvalue weighted by Crippen LogP contribution is -2.35. The lowest BCUT2D eigenvalue weighted by molar-refractivity contribution is -0.128. The van der Waals surface area contributed by atoms with Crippen molar-refractivity contribution in [3.8, 4) is 0 Å². The van der Waals surface area contributed by atoms with Gasteiger partial charge in [0.15, 0.2) is 4.34 Å². The van der Waals surface area contributed by atoms with Crippen LogP contribution in [0.15, 0.2) is 4.34 Å². The Morgan fingerprint density at radius 2 is 1.76 bits per heavy atom. The number of rotatable bonds is 9. The minimum Gasteiger partial charge on any atom is -0.374 e. The summed E-state index contributed by atoms with van der Waals surface area (Å²) in [6.07, 6.45) is 2.08. The van der Waals surface area contributed by atoms with E-state index in [1.165, 1.54) is 23.1 Å². The zero-order valence-corrected chi connectivity index (χ0v) is 15.0. The normalized spacial score (nSPS) is 11.3. The summed E-state index contributed by atoms with van der Waals surface area (Å²) in [6, 6.07) is 0. The fraction of sp³-hybridized carbons (Fsp3) is 0.786. The number of carbonyl (C=O) groups excluding carboxylic acids is 1. The van der Waals surface area contributed by atoms with Gasteiger partial charge in [-0.25, -0.2) is 0 Å².